The van der Waals surface area contributed by atoms with Gasteiger partial charge >= 0.3 is 0 Å². The Balaban J connectivity index is 2.90. The number of aryl methyl sites for hydroxylation is 2. The van der Waals surface area contributed by atoms with Gasteiger partial charge in [0.15, 0.2) is 0 Å². The molecule has 0 amide bonds. The zero-order chi connectivity index (χ0) is 11.6. The predicted octanol–water partition coefficient (Wildman–Crippen LogP) is 2.97. The molecule has 0 aliphatic heterocycles. The van der Waals surface area contributed by atoms with Crippen LogP contribution in [0.5, 0.6) is 0 Å². The topological polar surface area (TPSA) is 51.5 Å². The van der Waals surface area contributed by atoms with Crippen LogP contribution in [-0.2, 0) is 0 Å². The minimum atomic E-state index is 0.0739. The monoisotopic (exact) mass is 208 g/mol. The molecule has 0 saturated heterocycles. The summed E-state index contributed by atoms with van der Waals surface area (Å²) in [5.74, 6) is 2.84. The fraction of sp³-hybridized carbons (Fsp3) is 0.583. The van der Waals surface area contributed by atoms with Gasteiger partial charge in [-0.3, -0.25) is 4.99 Å². The third-order valence-electron chi connectivity index (χ3n) is 2.46. The van der Waals surface area contributed by atoms with Gasteiger partial charge in [-0.1, -0.05) is 13.8 Å². The Labute approximate surface area is 91.4 Å². The van der Waals surface area contributed by atoms with Crippen LogP contribution in [0.4, 0.5) is 0 Å². The quantitative estimate of drug-likeness (QED) is 0.613. The van der Waals surface area contributed by atoms with E-state index < -0.39 is 0 Å². The van der Waals surface area contributed by atoms with E-state index in [2.05, 4.69) is 4.99 Å². The average molecular weight is 208 g/mol. The fourth-order valence-electron chi connectivity index (χ4n) is 1.51. The molecule has 3 heteroatoms. The van der Waals surface area contributed by atoms with Gasteiger partial charge in [0.1, 0.15) is 11.5 Å². The maximum Gasteiger partial charge on any atom is 0.106 e. The average Bonchev–Trinajstić information content (AvgIpc) is 2.44. The Morgan fingerprint density at radius 3 is 2.33 bits per heavy atom. The van der Waals surface area contributed by atoms with Gasteiger partial charge in [-0.2, -0.15) is 0 Å². The summed E-state index contributed by atoms with van der Waals surface area (Å²) < 4.78 is 5.47. The first-order valence-corrected chi connectivity index (χ1v) is 5.32. The lowest BCUT2D eigenvalue weighted by Crippen LogP contribution is -2.19. The van der Waals surface area contributed by atoms with E-state index in [4.69, 9.17) is 10.2 Å². The van der Waals surface area contributed by atoms with Crippen molar-refractivity contribution in [1.29, 1.82) is 0 Å². The molecule has 0 aliphatic carbocycles. The molecule has 1 heterocycles. The molecular weight excluding hydrogens is 188 g/mol. The van der Waals surface area contributed by atoms with Gasteiger partial charge in [0.25, 0.3) is 0 Å². The third-order valence-corrected chi connectivity index (χ3v) is 2.46. The van der Waals surface area contributed by atoms with Crippen molar-refractivity contribution in [3.63, 3.8) is 0 Å². The molecule has 0 spiro atoms. The molecule has 84 valence electrons. The van der Waals surface area contributed by atoms with E-state index in [-0.39, 0.29) is 6.04 Å². The van der Waals surface area contributed by atoms with E-state index in [0.717, 1.165) is 17.1 Å². The molecule has 1 atom stereocenters. The first kappa shape index (κ1) is 11.8. The van der Waals surface area contributed by atoms with Crippen LogP contribution in [-0.4, -0.2) is 5.84 Å². The van der Waals surface area contributed by atoms with Crippen molar-refractivity contribution in [3.8, 4) is 0 Å². The van der Waals surface area contributed by atoms with Gasteiger partial charge in [-0.15, -0.1) is 0 Å². The van der Waals surface area contributed by atoms with Crippen molar-refractivity contribution in [2.45, 2.75) is 40.7 Å². The lowest BCUT2D eigenvalue weighted by molar-refractivity contribution is 0.499. The Morgan fingerprint density at radius 1 is 1.33 bits per heavy atom. The molecule has 1 aromatic rings. The van der Waals surface area contributed by atoms with Crippen molar-refractivity contribution >= 4 is 5.84 Å². The molecule has 0 fully saturated rings. The van der Waals surface area contributed by atoms with Crippen LogP contribution in [0.3, 0.4) is 0 Å². The highest BCUT2D eigenvalue weighted by molar-refractivity contribution is 5.82. The van der Waals surface area contributed by atoms with Crippen LogP contribution >= 0.6 is 0 Å². The Kier molecular flexibility index (Phi) is 3.56. The van der Waals surface area contributed by atoms with Gasteiger partial charge in [0.05, 0.1) is 11.9 Å². The maximum atomic E-state index is 5.83. The van der Waals surface area contributed by atoms with Crippen LogP contribution in [0.1, 0.15) is 43.9 Å². The van der Waals surface area contributed by atoms with E-state index in [1.54, 1.807) is 0 Å². The van der Waals surface area contributed by atoms with Crippen molar-refractivity contribution in [2.24, 2.45) is 16.6 Å². The van der Waals surface area contributed by atoms with E-state index in [9.17, 15) is 0 Å². The van der Waals surface area contributed by atoms with Gasteiger partial charge in [-0.25, -0.2) is 0 Å². The summed E-state index contributed by atoms with van der Waals surface area (Å²) in [6.45, 7) is 10.0. The summed E-state index contributed by atoms with van der Waals surface area (Å²) >= 11 is 0. The molecule has 0 bridgehead atoms. The summed E-state index contributed by atoms with van der Waals surface area (Å²) in [7, 11) is 0. The lowest BCUT2D eigenvalue weighted by atomic mass is 10.1. The summed E-state index contributed by atoms with van der Waals surface area (Å²) in [5.41, 5.74) is 6.95. The summed E-state index contributed by atoms with van der Waals surface area (Å²) in [6.07, 6.45) is 0. The molecule has 15 heavy (non-hydrogen) atoms. The van der Waals surface area contributed by atoms with E-state index in [0.29, 0.717) is 11.8 Å². The predicted molar refractivity (Wildman–Crippen MR) is 63.1 cm³/mol. The summed E-state index contributed by atoms with van der Waals surface area (Å²) in [4.78, 5) is 4.46. The first-order chi connectivity index (χ1) is 6.91. The van der Waals surface area contributed by atoms with E-state index in [1.165, 1.54) is 0 Å². The SMILES string of the molecule is Cc1cc(C(C)N=C(N)C(C)C)c(C)o1. The van der Waals surface area contributed by atoms with Gasteiger partial charge in [0.2, 0.25) is 0 Å². The molecule has 3 nitrogen and oxygen atoms in total. The second kappa shape index (κ2) is 4.51. The Hall–Kier alpha value is -1.25. The summed E-state index contributed by atoms with van der Waals surface area (Å²) in [6, 6.07) is 2.10. The van der Waals surface area contributed by atoms with Gasteiger partial charge in [-0.05, 0) is 26.8 Å². The van der Waals surface area contributed by atoms with Crippen molar-refractivity contribution in [2.75, 3.05) is 0 Å². The second-order valence-electron chi connectivity index (χ2n) is 4.25. The molecule has 2 N–H and O–H groups in total. The zero-order valence-corrected chi connectivity index (χ0v) is 10.2. The highest BCUT2D eigenvalue weighted by Crippen LogP contribution is 2.24. The second-order valence-corrected chi connectivity index (χ2v) is 4.25. The highest BCUT2D eigenvalue weighted by atomic mass is 16.3. The molecular formula is C12H20N2O. The largest absolute Gasteiger partial charge is 0.466 e. The normalized spacial score (nSPS) is 14.7. The Morgan fingerprint density at radius 2 is 1.93 bits per heavy atom. The van der Waals surface area contributed by atoms with Crippen molar-refractivity contribution < 1.29 is 4.42 Å². The van der Waals surface area contributed by atoms with Gasteiger partial charge < -0.3 is 10.2 Å². The smallest absolute Gasteiger partial charge is 0.106 e. The summed E-state index contributed by atoms with van der Waals surface area (Å²) in [5, 5.41) is 0. The first-order valence-electron chi connectivity index (χ1n) is 5.32. The van der Waals surface area contributed by atoms with E-state index in [1.807, 2.05) is 40.7 Å². The van der Waals surface area contributed by atoms with Gasteiger partial charge in [0, 0.05) is 11.5 Å². The minimum Gasteiger partial charge on any atom is -0.466 e. The van der Waals surface area contributed by atoms with Crippen LogP contribution in [0.15, 0.2) is 15.5 Å². The number of rotatable bonds is 3. The fourth-order valence-corrected chi connectivity index (χ4v) is 1.51. The molecule has 0 aliphatic rings. The third kappa shape index (κ3) is 2.85. The number of aliphatic imine (C=N–C) groups is 1. The molecule has 0 aromatic carbocycles. The number of amidine groups is 1. The molecule has 1 rings (SSSR count). The zero-order valence-electron chi connectivity index (χ0n) is 10.2. The van der Waals surface area contributed by atoms with Crippen LogP contribution in [0.2, 0.25) is 0 Å². The van der Waals surface area contributed by atoms with Crippen LogP contribution < -0.4 is 5.73 Å². The Bertz CT molecular complexity index is 364. The number of hydrogen-bond donors (Lipinski definition) is 1. The van der Waals surface area contributed by atoms with E-state index >= 15 is 0 Å². The van der Waals surface area contributed by atoms with Crippen molar-refractivity contribution in [1.82, 2.24) is 0 Å². The highest BCUT2D eigenvalue weighted by Gasteiger charge is 2.12. The van der Waals surface area contributed by atoms with Crippen LogP contribution in [0, 0.1) is 19.8 Å². The molecule has 0 saturated carbocycles. The molecule has 0 radical (unpaired) electrons. The number of furan rings is 1. The number of hydrogen-bond acceptors (Lipinski definition) is 2. The number of nitrogens with two attached hydrogens (primary N) is 1. The molecule has 1 unspecified atom stereocenters. The van der Waals surface area contributed by atoms with Crippen LogP contribution in [0.25, 0.3) is 0 Å². The minimum absolute atomic E-state index is 0.0739. The maximum absolute atomic E-state index is 5.83. The van der Waals surface area contributed by atoms with Crippen molar-refractivity contribution in [3.05, 3.63) is 23.2 Å². The lowest BCUT2D eigenvalue weighted by Gasteiger charge is -2.09. The molecule has 1 aromatic heterocycles. The number of nitrogens with zero attached hydrogens (tertiary/aromatic N) is 1. The standard InChI is InChI=1S/C12H20N2O/c1-7(2)12(13)14-9(4)11-6-8(3)15-10(11)5/h6-7,9H,1-5H3,(H2,13,14).